The molecule has 2 aliphatic heterocycles. The number of carboxylic acid groups (broad SMARTS) is 1. The molecule has 3 N–H and O–H groups in total. The topological polar surface area (TPSA) is 115 Å². The van der Waals surface area contributed by atoms with Crippen LogP contribution in [-0.4, -0.2) is 46.6 Å². The third-order valence-corrected chi connectivity index (χ3v) is 5.84. The molecule has 0 bridgehead atoms. The molecule has 0 aliphatic carbocycles. The Bertz CT molecular complexity index is 664. The van der Waals surface area contributed by atoms with Gasteiger partial charge in [-0.25, -0.2) is 18.2 Å². The first kappa shape index (κ1) is 13.6. The van der Waals surface area contributed by atoms with E-state index in [0.29, 0.717) is 30.9 Å². The van der Waals surface area contributed by atoms with Gasteiger partial charge in [0.15, 0.2) is 15.5 Å². The quantitative estimate of drug-likeness (QED) is 0.778. The van der Waals surface area contributed by atoms with Gasteiger partial charge >= 0.3 is 5.97 Å². The van der Waals surface area contributed by atoms with Gasteiger partial charge in [-0.15, -0.1) is 0 Å². The van der Waals surface area contributed by atoms with Crippen LogP contribution in [0.2, 0.25) is 0 Å². The fourth-order valence-corrected chi connectivity index (χ4v) is 4.83. The van der Waals surface area contributed by atoms with E-state index in [0.717, 1.165) is 6.42 Å². The summed E-state index contributed by atoms with van der Waals surface area (Å²) in [4.78, 5) is 15.5. The van der Waals surface area contributed by atoms with E-state index in [1.807, 2.05) is 4.57 Å². The van der Waals surface area contributed by atoms with Crippen molar-refractivity contribution in [2.45, 2.75) is 37.8 Å². The monoisotopic (exact) mass is 299 g/mol. The van der Waals surface area contributed by atoms with E-state index in [1.165, 1.54) is 0 Å². The van der Waals surface area contributed by atoms with Gasteiger partial charge in [-0.05, 0) is 19.3 Å². The molecular formula is C12H17N3O4S. The Morgan fingerprint density at radius 2 is 2.15 bits per heavy atom. The van der Waals surface area contributed by atoms with Gasteiger partial charge < -0.3 is 15.4 Å². The van der Waals surface area contributed by atoms with Crippen molar-refractivity contribution >= 4 is 15.8 Å². The zero-order chi connectivity index (χ0) is 14.5. The lowest BCUT2D eigenvalue weighted by molar-refractivity contribution is 0.0689. The number of hydrogen-bond acceptors (Lipinski definition) is 5. The molecule has 1 aromatic rings. The summed E-state index contributed by atoms with van der Waals surface area (Å²) in [6.45, 7) is 0.515. The summed E-state index contributed by atoms with van der Waals surface area (Å²) in [6.07, 6.45) is 1.82. The number of imidazole rings is 1. The summed E-state index contributed by atoms with van der Waals surface area (Å²) in [5, 5.41) is 9.24. The van der Waals surface area contributed by atoms with Crippen LogP contribution in [0.3, 0.4) is 0 Å². The van der Waals surface area contributed by atoms with Gasteiger partial charge in [-0.3, -0.25) is 0 Å². The number of nitrogens with two attached hydrogens (primary N) is 1. The van der Waals surface area contributed by atoms with Crippen molar-refractivity contribution in [2.24, 2.45) is 5.73 Å². The highest BCUT2D eigenvalue weighted by Crippen LogP contribution is 2.32. The van der Waals surface area contributed by atoms with Crippen molar-refractivity contribution in [1.82, 2.24) is 9.55 Å². The minimum atomic E-state index is -3.03. The number of carbonyl (C=O) groups is 1. The van der Waals surface area contributed by atoms with Crippen LogP contribution in [0.5, 0.6) is 0 Å². The number of nitrogens with zero attached hydrogens (tertiary/aromatic N) is 2. The first-order chi connectivity index (χ1) is 9.37. The van der Waals surface area contributed by atoms with Crippen LogP contribution in [0, 0.1) is 0 Å². The highest BCUT2D eigenvalue weighted by Gasteiger charge is 2.35. The molecule has 3 rings (SSSR count). The van der Waals surface area contributed by atoms with Crippen molar-refractivity contribution in [3.63, 3.8) is 0 Å². The van der Waals surface area contributed by atoms with Gasteiger partial charge in [0.2, 0.25) is 0 Å². The molecule has 1 saturated heterocycles. The van der Waals surface area contributed by atoms with Gasteiger partial charge in [-0.1, -0.05) is 0 Å². The minimum Gasteiger partial charge on any atom is -0.476 e. The molecule has 0 amide bonds. The molecule has 8 heteroatoms. The van der Waals surface area contributed by atoms with Crippen molar-refractivity contribution < 1.29 is 18.3 Å². The third-order valence-electron chi connectivity index (χ3n) is 4.07. The lowest BCUT2D eigenvalue weighted by Gasteiger charge is -2.23. The molecule has 7 nitrogen and oxygen atoms in total. The minimum absolute atomic E-state index is 0.0323. The Kier molecular flexibility index (Phi) is 3.09. The largest absolute Gasteiger partial charge is 0.476 e. The van der Waals surface area contributed by atoms with Crippen LogP contribution in [0.25, 0.3) is 0 Å². The van der Waals surface area contributed by atoms with E-state index in [1.54, 1.807) is 0 Å². The highest BCUT2D eigenvalue weighted by molar-refractivity contribution is 7.91. The second kappa shape index (κ2) is 4.56. The fourth-order valence-electron chi connectivity index (χ4n) is 3.09. The summed E-state index contributed by atoms with van der Waals surface area (Å²) in [5.74, 6) is -0.492. The maximum absolute atomic E-state index is 11.6. The van der Waals surface area contributed by atoms with Crippen LogP contribution in [0.4, 0.5) is 0 Å². The molecule has 2 unspecified atom stereocenters. The van der Waals surface area contributed by atoms with Gasteiger partial charge in [-0.2, -0.15) is 0 Å². The standard InChI is InChI=1S/C12H17N3O4S/c13-8-1-2-9-10(12(16)17)14-11(15(9)5-8)7-3-4-20(18,19)6-7/h7-8H,1-6,13H2,(H,16,17). The molecule has 1 aromatic heterocycles. The molecule has 0 radical (unpaired) electrons. The number of rotatable bonds is 2. The Morgan fingerprint density at radius 3 is 2.75 bits per heavy atom. The van der Waals surface area contributed by atoms with E-state index >= 15 is 0 Å². The van der Waals surface area contributed by atoms with Crippen LogP contribution < -0.4 is 5.73 Å². The van der Waals surface area contributed by atoms with E-state index in [9.17, 15) is 18.3 Å². The van der Waals surface area contributed by atoms with Crippen molar-refractivity contribution in [3.8, 4) is 0 Å². The Labute approximate surface area is 116 Å². The molecule has 3 heterocycles. The molecule has 0 aromatic carbocycles. The molecule has 2 aliphatic rings. The number of hydrogen-bond donors (Lipinski definition) is 2. The second-order valence-electron chi connectivity index (χ2n) is 5.58. The van der Waals surface area contributed by atoms with Crippen molar-refractivity contribution in [2.75, 3.05) is 11.5 Å². The number of sulfone groups is 1. The van der Waals surface area contributed by atoms with Gasteiger partial charge in [0.05, 0.1) is 17.2 Å². The van der Waals surface area contributed by atoms with Crippen LogP contribution in [-0.2, 0) is 22.8 Å². The van der Waals surface area contributed by atoms with Gasteiger partial charge in [0.25, 0.3) is 0 Å². The SMILES string of the molecule is NC1CCc2c(C(=O)O)nc(C3CCS(=O)(=O)C3)n2C1. The van der Waals surface area contributed by atoms with Crippen LogP contribution in [0.1, 0.15) is 40.8 Å². The van der Waals surface area contributed by atoms with E-state index in [4.69, 9.17) is 5.73 Å². The number of aromatic nitrogens is 2. The second-order valence-corrected chi connectivity index (χ2v) is 7.81. The number of fused-ring (bicyclic) bond motifs is 1. The normalized spacial score (nSPS) is 28.2. The summed E-state index contributed by atoms with van der Waals surface area (Å²) in [7, 11) is -3.03. The average Bonchev–Trinajstić information content (AvgIpc) is 2.89. The molecular weight excluding hydrogens is 282 g/mol. The number of carboxylic acids is 1. The Balaban J connectivity index is 2.05. The van der Waals surface area contributed by atoms with E-state index in [-0.39, 0.29) is 29.2 Å². The van der Waals surface area contributed by atoms with E-state index in [2.05, 4.69) is 4.98 Å². The zero-order valence-corrected chi connectivity index (χ0v) is 11.8. The Hall–Kier alpha value is -1.41. The predicted octanol–water partition coefficient (Wildman–Crippen LogP) is -0.243. The van der Waals surface area contributed by atoms with Gasteiger partial charge in [0, 0.05) is 18.5 Å². The summed E-state index contributed by atoms with van der Waals surface area (Å²) in [6, 6.07) is -0.0323. The fraction of sp³-hybridized carbons (Fsp3) is 0.667. The molecule has 2 atom stereocenters. The lowest BCUT2D eigenvalue weighted by atomic mass is 10.0. The maximum atomic E-state index is 11.6. The first-order valence-corrected chi connectivity index (χ1v) is 8.48. The van der Waals surface area contributed by atoms with E-state index < -0.39 is 15.8 Å². The zero-order valence-electron chi connectivity index (χ0n) is 10.9. The van der Waals surface area contributed by atoms with Crippen LogP contribution >= 0.6 is 0 Å². The Morgan fingerprint density at radius 1 is 1.40 bits per heavy atom. The number of aromatic carboxylic acids is 1. The third kappa shape index (κ3) is 2.22. The molecule has 0 spiro atoms. The molecule has 20 heavy (non-hydrogen) atoms. The summed E-state index contributed by atoms with van der Waals surface area (Å²) < 4.78 is 25.1. The average molecular weight is 299 g/mol. The molecule has 0 saturated carbocycles. The summed E-state index contributed by atoms with van der Waals surface area (Å²) in [5.41, 5.74) is 6.67. The highest BCUT2D eigenvalue weighted by atomic mass is 32.2. The first-order valence-electron chi connectivity index (χ1n) is 6.66. The van der Waals surface area contributed by atoms with Gasteiger partial charge in [0.1, 0.15) is 5.82 Å². The smallest absolute Gasteiger partial charge is 0.356 e. The maximum Gasteiger partial charge on any atom is 0.356 e. The van der Waals surface area contributed by atoms with Crippen molar-refractivity contribution in [3.05, 3.63) is 17.2 Å². The molecule has 1 fully saturated rings. The van der Waals surface area contributed by atoms with Crippen molar-refractivity contribution in [1.29, 1.82) is 0 Å². The predicted molar refractivity (Wildman–Crippen MR) is 71.5 cm³/mol. The summed E-state index contributed by atoms with van der Waals surface area (Å²) >= 11 is 0. The van der Waals surface area contributed by atoms with Crippen LogP contribution in [0.15, 0.2) is 0 Å². The molecule has 110 valence electrons. The lowest BCUT2D eigenvalue weighted by Crippen LogP contribution is -2.33.